The van der Waals surface area contributed by atoms with Crippen molar-refractivity contribution in [1.29, 1.82) is 0 Å². The minimum Gasteiger partial charge on any atom is -0.497 e. The Kier molecular flexibility index (Phi) is 4.30. The molecule has 0 aliphatic carbocycles. The molecule has 0 saturated heterocycles. The Morgan fingerprint density at radius 2 is 2.04 bits per heavy atom. The third-order valence-corrected chi connectivity index (χ3v) is 5.03. The van der Waals surface area contributed by atoms with Crippen LogP contribution in [0.2, 0.25) is 5.02 Å². The molecule has 5 heteroatoms. The van der Waals surface area contributed by atoms with E-state index in [1.54, 1.807) is 7.11 Å². The van der Waals surface area contributed by atoms with E-state index >= 15 is 0 Å². The number of ether oxygens (including phenoxy) is 2. The van der Waals surface area contributed by atoms with E-state index in [2.05, 4.69) is 24.1 Å². The first kappa shape index (κ1) is 16.3. The van der Waals surface area contributed by atoms with Gasteiger partial charge in [0, 0.05) is 23.4 Å². The number of methoxy groups -OCH3 is 1. The van der Waals surface area contributed by atoms with Gasteiger partial charge in [-0.15, -0.1) is 0 Å². The van der Waals surface area contributed by atoms with Crippen molar-refractivity contribution in [3.63, 3.8) is 0 Å². The number of halogens is 1. The van der Waals surface area contributed by atoms with Crippen molar-refractivity contribution in [2.75, 3.05) is 7.11 Å². The highest BCUT2D eigenvalue weighted by atomic mass is 35.5. The predicted molar refractivity (Wildman–Crippen MR) is 99.5 cm³/mol. The number of nitrogens with zero attached hydrogens (tertiary/aromatic N) is 2. The normalized spacial score (nSPS) is 21.2. The summed E-state index contributed by atoms with van der Waals surface area (Å²) in [7, 11) is 1.68. The first-order valence-electron chi connectivity index (χ1n) is 8.66. The summed E-state index contributed by atoms with van der Waals surface area (Å²) in [5.41, 5.74) is 3.31. The predicted octanol–water partition coefficient (Wildman–Crippen LogP) is 5.02. The number of hydrogen-bond acceptors (Lipinski definition) is 4. The molecule has 0 spiro atoms. The van der Waals surface area contributed by atoms with E-state index in [9.17, 15) is 0 Å². The van der Waals surface area contributed by atoms with Crippen LogP contribution in [0.15, 0.2) is 47.6 Å². The van der Waals surface area contributed by atoms with Crippen LogP contribution in [0.1, 0.15) is 43.4 Å². The Morgan fingerprint density at radius 1 is 1.24 bits per heavy atom. The fourth-order valence-corrected chi connectivity index (χ4v) is 3.71. The largest absolute Gasteiger partial charge is 0.497 e. The van der Waals surface area contributed by atoms with Gasteiger partial charge in [-0.25, -0.2) is 0 Å². The van der Waals surface area contributed by atoms with Gasteiger partial charge >= 0.3 is 0 Å². The highest BCUT2D eigenvalue weighted by Gasteiger charge is 2.39. The maximum absolute atomic E-state index is 6.23. The van der Waals surface area contributed by atoms with Gasteiger partial charge in [0.2, 0.25) is 0 Å². The minimum absolute atomic E-state index is 0.0283. The summed E-state index contributed by atoms with van der Waals surface area (Å²) < 4.78 is 11.5. The third-order valence-electron chi connectivity index (χ3n) is 4.79. The Labute approximate surface area is 153 Å². The van der Waals surface area contributed by atoms with Crippen molar-refractivity contribution in [3.8, 4) is 11.5 Å². The molecule has 130 valence electrons. The van der Waals surface area contributed by atoms with Crippen LogP contribution in [-0.4, -0.2) is 24.1 Å². The average Bonchev–Trinajstić information content (AvgIpc) is 3.08. The van der Waals surface area contributed by atoms with Crippen LogP contribution in [0, 0.1) is 0 Å². The van der Waals surface area contributed by atoms with Gasteiger partial charge in [0.05, 0.1) is 18.9 Å². The molecule has 0 amide bonds. The Balaban J connectivity index is 1.69. The van der Waals surface area contributed by atoms with Gasteiger partial charge in [-0.1, -0.05) is 24.9 Å². The zero-order valence-corrected chi connectivity index (χ0v) is 15.2. The molecular formula is C20H21ClN2O2. The SMILES string of the molecule is CCCC1Oc2ccc(Cl)cc2C2CC(c3ccc(OC)cc3)=NN12. The second-order valence-electron chi connectivity index (χ2n) is 6.42. The first-order chi connectivity index (χ1) is 12.2. The topological polar surface area (TPSA) is 34.1 Å². The Bertz CT molecular complexity index is 804. The van der Waals surface area contributed by atoms with Crippen LogP contribution in [-0.2, 0) is 0 Å². The van der Waals surface area contributed by atoms with Gasteiger partial charge in [0.15, 0.2) is 6.23 Å². The van der Waals surface area contributed by atoms with Crippen molar-refractivity contribution in [1.82, 2.24) is 5.01 Å². The molecule has 2 unspecified atom stereocenters. The monoisotopic (exact) mass is 356 g/mol. The zero-order valence-electron chi connectivity index (χ0n) is 14.4. The maximum atomic E-state index is 6.23. The van der Waals surface area contributed by atoms with Gasteiger partial charge in [0.1, 0.15) is 11.5 Å². The van der Waals surface area contributed by atoms with Crippen LogP contribution in [0.5, 0.6) is 11.5 Å². The number of fused-ring (bicyclic) bond motifs is 3. The van der Waals surface area contributed by atoms with E-state index in [0.29, 0.717) is 0 Å². The summed E-state index contributed by atoms with van der Waals surface area (Å²) in [6.07, 6.45) is 2.81. The Hall–Kier alpha value is -2.20. The lowest BCUT2D eigenvalue weighted by molar-refractivity contribution is -0.0223. The van der Waals surface area contributed by atoms with Gasteiger partial charge in [-0.05, 0) is 48.0 Å². The molecule has 0 fully saturated rings. The molecule has 2 aromatic rings. The van der Waals surface area contributed by atoms with Gasteiger partial charge in [-0.2, -0.15) is 5.10 Å². The second kappa shape index (κ2) is 6.60. The lowest BCUT2D eigenvalue weighted by atomic mass is 9.96. The number of hydrazone groups is 1. The maximum Gasteiger partial charge on any atom is 0.187 e. The molecule has 0 radical (unpaired) electrons. The number of benzene rings is 2. The molecule has 2 aliphatic heterocycles. The van der Waals surface area contributed by atoms with Crippen molar-refractivity contribution in [2.45, 2.75) is 38.5 Å². The number of hydrogen-bond donors (Lipinski definition) is 0. The van der Waals surface area contributed by atoms with Gasteiger partial charge in [-0.3, -0.25) is 5.01 Å². The number of rotatable bonds is 4. The molecule has 25 heavy (non-hydrogen) atoms. The van der Waals surface area contributed by atoms with E-state index < -0.39 is 0 Å². The summed E-state index contributed by atoms with van der Waals surface area (Å²) in [5.74, 6) is 1.78. The highest BCUT2D eigenvalue weighted by Crippen LogP contribution is 2.44. The molecule has 2 aromatic carbocycles. The quantitative estimate of drug-likeness (QED) is 0.771. The van der Waals surface area contributed by atoms with E-state index in [1.165, 1.54) is 0 Å². The lowest BCUT2D eigenvalue weighted by Gasteiger charge is -2.38. The molecule has 4 rings (SSSR count). The first-order valence-corrected chi connectivity index (χ1v) is 9.03. The molecule has 2 heterocycles. The molecule has 2 atom stereocenters. The molecule has 4 nitrogen and oxygen atoms in total. The van der Waals surface area contributed by atoms with Crippen LogP contribution in [0.25, 0.3) is 0 Å². The summed E-state index contributed by atoms with van der Waals surface area (Å²) in [4.78, 5) is 0. The fourth-order valence-electron chi connectivity index (χ4n) is 3.53. The van der Waals surface area contributed by atoms with Crippen molar-refractivity contribution >= 4 is 17.3 Å². The smallest absolute Gasteiger partial charge is 0.187 e. The molecule has 0 N–H and O–H groups in total. The average molecular weight is 357 g/mol. The minimum atomic E-state index is -0.0283. The van der Waals surface area contributed by atoms with E-state index in [0.717, 1.165) is 52.6 Å². The van der Waals surface area contributed by atoms with Crippen LogP contribution >= 0.6 is 11.6 Å². The lowest BCUT2D eigenvalue weighted by Crippen LogP contribution is -2.40. The van der Waals surface area contributed by atoms with Gasteiger partial charge < -0.3 is 9.47 Å². The van der Waals surface area contributed by atoms with Crippen molar-refractivity contribution in [3.05, 3.63) is 58.6 Å². The summed E-state index contributed by atoms with van der Waals surface area (Å²) in [6, 6.07) is 14.1. The van der Waals surface area contributed by atoms with Crippen molar-refractivity contribution in [2.24, 2.45) is 5.10 Å². The summed E-state index contributed by atoms with van der Waals surface area (Å²) in [6.45, 7) is 2.17. The summed E-state index contributed by atoms with van der Waals surface area (Å²) >= 11 is 6.23. The van der Waals surface area contributed by atoms with E-state index in [-0.39, 0.29) is 12.3 Å². The Morgan fingerprint density at radius 3 is 2.76 bits per heavy atom. The van der Waals surface area contributed by atoms with E-state index in [1.807, 2.05) is 30.3 Å². The summed E-state index contributed by atoms with van der Waals surface area (Å²) in [5, 5.41) is 7.75. The fraction of sp³-hybridized carbons (Fsp3) is 0.350. The van der Waals surface area contributed by atoms with Crippen molar-refractivity contribution < 1.29 is 9.47 Å². The van der Waals surface area contributed by atoms with Gasteiger partial charge in [0.25, 0.3) is 0 Å². The van der Waals surface area contributed by atoms with Crippen LogP contribution in [0.4, 0.5) is 0 Å². The molecule has 0 aromatic heterocycles. The zero-order chi connectivity index (χ0) is 17.4. The molecule has 0 saturated carbocycles. The molecule has 0 bridgehead atoms. The van der Waals surface area contributed by atoms with E-state index in [4.69, 9.17) is 26.2 Å². The standard InChI is InChI=1S/C20H21ClN2O2/c1-3-4-20-23-18(16-11-14(21)7-10-19(16)25-20)12-17(22-23)13-5-8-15(24-2)9-6-13/h5-11,18,20H,3-4,12H2,1-2H3. The highest BCUT2D eigenvalue weighted by molar-refractivity contribution is 6.30. The van der Waals surface area contributed by atoms with Crippen LogP contribution < -0.4 is 9.47 Å². The second-order valence-corrected chi connectivity index (χ2v) is 6.85. The molecule has 2 aliphatic rings. The third kappa shape index (κ3) is 2.95. The molecular weight excluding hydrogens is 336 g/mol. The van der Waals surface area contributed by atoms with Crippen LogP contribution in [0.3, 0.4) is 0 Å².